The number of aliphatic hydroxyl groups is 2. The van der Waals surface area contributed by atoms with E-state index in [0.717, 1.165) is 57.8 Å². The van der Waals surface area contributed by atoms with E-state index < -0.39 is 18.2 Å². The zero-order chi connectivity index (χ0) is 41.0. The maximum Gasteiger partial charge on any atom is 0.306 e. The van der Waals surface area contributed by atoms with Gasteiger partial charge in [-0.3, -0.25) is 9.59 Å². The molecule has 0 aromatic carbocycles. The van der Waals surface area contributed by atoms with Gasteiger partial charge in [0.2, 0.25) is 5.91 Å². The zero-order valence-electron chi connectivity index (χ0n) is 36.5. The van der Waals surface area contributed by atoms with Crippen LogP contribution in [0.25, 0.3) is 0 Å². The highest BCUT2D eigenvalue weighted by Gasteiger charge is 2.23. The lowest BCUT2D eigenvalue weighted by Gasteiger charge is -2.24. The minimum atomic E-state index is -0.820. The SMILES string of the molecule is CC/C=C/C=C/C=C\C=C/C=C/CC(CC(=O)NC(CO)C(O)CCCCCCCCCCCCCCCCC)OC(=O)CCCCCCC/C=C\CCCC. The Bertz CT molecular complexity index is 1060. The number of hydrogen-bond acceptors (Lipinski definition) is 5. The van der Waals surface area contributed by atoms with Gasteiger partial charge in [0, 0.05) is 12.8 Å². The van der Waals surface area contributed by atoms with Crippen LogP contribution in [0.15, 0.2) is 72.9 Å². The predicted molar refractivity (Wildman–Crippen MR) is 241 cm³/mol. The van der Waals surface area contributed by atoms with Crippen molar-refractivity contribution in [1.82, 2.24) is 5.32 Å². The second kappa shape index (κ2) is 43.4. The summed E-state index contributed by atoms with van der Waals surface area (Å²) in [4.78, 5) is 25.9. The van der Waals surface area contributed by atoms with E-state index in [4.69, 9.17) is 4.74 Å². The van der Waals surface area contributed by atoms with Crippen molar-refractivity contribution in [3.05, 3.63) is 72.9 Å². The molecule has 0 rings (SSSR count). The molecule has 0 radical (unpaired) electrons. The first kappa shape index (κ1) is 53.3. The summed E-state index contributed by atoms with van der Waals surface area (Å²) in [7, 11) is 0. The van der Waals surface area contributed by atoms with Crippen LogP contribution in [0.1, 0.15) is 207 Å². The number of aliphatic hydroxyl groups excluding tert-OH is 2. The van der Waals surface area contributed by atoms with Crippen LogP contribution >= 0.6 is 0 Å². The second-order valence-corrected chi connectivity index (χ2v) is 15.6. The standard InChI is InChI=1S/C50H87NO5/c1-4-7-10-13-16-19-22-23-24-25-28-30-33-36-39-42-48(53)47(45-52)51-49(54)44-46(41-38-35-32-29-26-20-17-14-11-8-5-2)56-50(55)43-40-37-34-31-27-21-18-15-12-9-6-3/h8,11,14-15,17-18,20,26,29,32,35,38,46-48,52-53H,4-7,9-10,12-13,16,19,21-25,27-28,30-31,33-34,36-37,39-45H2,1-3H3,(H,51,54)/b11-8+,17-14+,18-15-,26-20-,32-29-,38-35+. The predicted octanol–water partition coefficient (Wildman–Crippen LogP) is 13.4. The summed E-state index contributed by atoms with van der Waals surface area (Å²) in [5.74, 6) is -0.624. The van der Waals surface area contributed by atoms with Crippen molar-refractivity contribution in [3.8, 4) is 0 Å². The molecule has 0 fully saturated rings. The summed E-state index contributed by atoms with van der Waals surface area (Å²) in [6.45, 7) is 6.24. The molecule has 0 heterocycles. The molecule has 0 aliphatic rings. The Morgan fingerprint density at radius 3 is 1.55 bits per heavy atom. The summed E-state index contributed by atoms with van der Waals surface area (Å²) in [5, 5.41) is 23.6. The van der Waals surface area contributed by atoms with E-state index in [0.29, 0.717) is 19.3 Å². The average Bonchev–Trinajstić information content (AvgIpc) is 3.19. The van der Waals surface area contributed by atoms with Gasteiger partial charge in [0.1, 0.15) is 6.10 Å². The number of hydrogen-bond donors (Lipinski definition) is 3. The number of esters is 1. The number of ether oxygens (including phenoxy) is 1. The van der Waals surface area contributed by atoms with Crippen molar-refractivity contribution in [3.63, 3.8) is 0 Å². The topological polar surface area (TPSA) is 95.9 Å². The minimum absolute atomic E-state index is 0.0241. The highest BCUT2D eigenvalue weighted by molar-refractivity contribution is 5.77. The Balaban J connectivity index is 4.67. The van der Waals surface area contributed by atoms with Crippen LogP contribution in [-0.2, 0) is 14.3 Å². The summed E-state index contributed by atoms with van der Waals surface area (Å²) < 4.78 is 5.80. The zero-order valence-corrected chi connectivity index (χ0v) is 36.5. The molecule has 0 spiro atoms. The Hall–Kier alpha value is -2.70. The van der Waals surface area contributed by atoms with Crippen molar-refractivity contribution >= 4 is 11.9 Å². The number of unbranched alkanes of at least 4 members (excludes halogenated alkanes) is 21. The van der Waals surface area contributed by atoms with Gasteiger partial charge in [-0.2, -0.15) is 0 Å². The van der Waals surface area contributed by atoms with E-state index >= 15 is 0 Å². The fraction of sp³-hybridized carbons (Fsp3) is 0.720. The third kappa shape index (κ3) is 38.2. The number of nitrogens with one attached hydrogen (secondary N) is 1. The van der Waals surface area contributed by atoms with Gasteiger partial charge in [-0.05, 0) is 38.5 Å². The van der Waals surface area contributed by atoms with Crippen LogP contribution in [0.3, 0.4) is 0 Å². The molecule has 6 nitrogen and oxygen atoms in total. The maximum absolute atomic E-state index is 13.1. The number of amides is 1. The van der Waals surface area contributed by atoms with E-state index in [2.05, 4.69) is 44.3 Å². The van der Waals surface area contributed by atoms with Gasteiger partial charge in [-0.25, -0.2) is 0 Å². The van der Waals surface area contributed by atoms with E-state index in [1.54, 1.807) is 0 Å². The normalized spacial score (nSPS) is 14.0. The Labute approximate surface area is 345 Å². The van der Waals surface area contributed by atoms with E-state index in [1.165, 1.54) is 103 Å². The first-order valence-electron chi connectivity index (χ1n) is 23.2. The van der Waals surface area contributed by atoms with Crippen molar-refractivity contribution in [2.45, 2.75) is 225 Å². The smallest absolute Gasteiger partial charge is 0.306 e. The molecular weight excluding hydrogens is 695 g/mol. The lowest BCUT2D eigenvalue weighted by atomic mass is 10.0. The number of carbonyl (C=O) groups is 2. The molecule has 0 aliphatic carbocycles. The van der Waals surface area contributed by atoms with Crippen LogP contribution in [0.5, 0.6) is 0 Å². The molecule has 56 heavy (non-hydrogen) atoms. The molecule has 3 N–H and O–H groups in total. The molecular formula is C50H87NO5. The van der Waals surface area contributed by atoms with Crippen LogP contribution < -0.4 is 5.32 Å². The fourth-order valence-electron chi connectivity index (χ4n) is 6.61. The first-order valence-corrected chi connectivity index (χ1v) is 23.2. The van der Waals surface area contributed by atoms with Gasteiger partial charge in [-0.15, -0.1) is 0 Å². The van der Waals surface area contributed by atoms with Crippen LogP contribution in [-0.4, -0.2) is 46.9 Å². The number of allylic oxidation sites excluding steroid dienone is 11. The Morgan fingerprint density at radius 2 is 1.02 bits per heavy atom. The monoisotopic (exact) mass is 782 g/mol. The summed E-state index contributed by atoms with van der Waals surface area (Å²) in [5.41, 5.74) is 0. The van der Waals surface area contributed by atoms with Gasteiger partial charge in [0.25, 0.3) is 0 Å². The van der Waals surface area contributed by atoms with Crippen molar-refractivity contribution in [2.24, 2.45) is 0 Å². The molecule has 0 aromatic rings. The fourth-order valence-corrected chi connectivity index (χ4v) is 6.61. The number of rotatable bonds is 40. The van der Waals surface area contributed by atoms with E-state index in [-0.39, 0.29) is 24.9 Å². The molecule has 0 bridgehead atoms. The Kier molecular flexibility index (Phi) is 41.3. The largest absolute Gasteiger partial charge is 0.461 e. The average molecular weight is 782 g/mol. The molecule has 3 unspecified atom stereocenters. The van der Waals surface area contributed by atoms with Crippen molar-refractivity contribution < 1.29 is 24.5 Å². The summed E-state index contributed by atoms with van der Waals surface area (Å²) in [6.07, 6.45) is 54.1. The highest BCUT2D eigenvalue weighted by atomic mass is 16.5. The van der Waals surface area contributed by atoms with Crippen molar-refractivity contribution in [1.29, 1.82) is 0 Å². The Morgan fingerprint density at radius 1 is 0.554 bits per heavy atom. The van der Waals surface area contributed by atoms with Gasteiger partial charge in [0.05, 0.1) is 25.2 Å². The molecule has 0 aromatic heterocycles. The van der Waals surface area contributed by atoms with Gasteiger partial charge in [0.15, 0.2) is 0 Å². The lowest BCUT2D eigenvalue weighted by molar-refractivity contribution is -0.150. The first-order chi connectivity index (χ1) is 27.5. The van der Waals surface area contributed by atoms with Crippen LogP contribution in [0.2, 0.25) is 0 Å². The molecule has 6 heteroatoms. The minimum Gasteiger partial charge on any atom is -0.461 e. The third-order valence-electron chi connectivity index (χ3n) is 10.1. The van der Waals surface area contributed by atoms with Crippen LogP contribution in [0, 0.1) is 0 Å². The molecule has 0 saturated heterocycles. The lowest BCUT2D eigenvalue weighted by Crippen LogP contribution is -2.46. The maximum atomic E-state index is 13.1. The van der Waals surface area contributed by atoms with E-state index in [1.807, 2.05) is 54.7 Å². The molecule has 1 amide bonds. The molecule has 0 aliphatic heterocycles. The molecule has 0 saturated carbocycles. The molecule has 322 valence electrons. The van der Waals surface area contributed by atoms with Crippen molar-refractivity contribution in [2.75, 3.05) is 6.61 Å². The number of carbonyl (C=O) groups excluding carboxylic acids is 2. The van der Waals surface area contributed by atoms with Crippen LogP contribution in [0.4, 0.5) is 0 Å². The van der Waals surface area contributed by atoms with Gasteiger partial charge in [-0.1, -0.05) is 222 Å². The summed E-state index contributed by atoms with van der Waals surface area (Å²) in [6, 6.07) is -0.742. The van der Waals surface area contributed by atoms with Gasteiger partial charge < -0.3 is 20.3 Å². The molecule has 3 atom stereocenters. The van der Waals surface area contributed by atoms with Gasteiger partial charge >= 0.3 is 5.97 Å². The highest BCUT2D eigenvalue weighted by Crippen LogP contribution is 2.16. The third-order valence-corrected chi connectivity index (χ3v) is 10.1. The quantitative estimate of drug-likeness (QED) is 0.0249. The second-order valence-electron chi connectivity index (χ2n) is 15.6. The summed E-state index contributed by atoms with van der Waals surface area (Å²) >= 11 is 0. The van der Waals surface area contributed by atoms with E-state index in [9.17, 15) is 19.8 Å².